The number of hydrogen-bond acceptors (Lipinski definition) is 3. The van der Waals surface area contributed by atoms with Gasteiger partial charge in [-0.2, -0.15) is 0 Å². The Morgan fingerprint density at radius 1 is 1.56 bits per heavy atom. The number of amides is 1. The van der Waals surface area contributed by atoms with Crippen molar-refractivity contribution < 1.29 is 4.79 Å². The first-order valence-corrected chi connectivity index (χ1v) is 6.41. The third-order valence-corrected chi connectivity index (χ3v) is 3.39. The molecule has 0 spiro atoms. The largest absolute Gasteiger partial charge is 0.356 e. The molecular weight excluding hydrogens is 202 g/mol. The van der Waals surface area contributed by atoms with Crippen LogP contribution in [0.5, 0.6) is 0 Å². The number of nitrogens with two attached hydrogens (primary N) is 1. The van der Waals surface area contributed by atoms with Crippen LogP contribution in [0.2, 0.25) is 0 Å². The molecule has 0 aromatic carbocycles. The summed E-state index contributed by atoms with van der Waals surface area (Å²) in [5.74, 6) is 0.121. The third kappa shape index (κ3) is 3.76. The van der Waals surface area contributed by atoms with Crippen LogP contribution in [0.3, 0.4) is 0 Å². The zero-order chi connectivity index (χ0) is 12.0. The zero-order valence-electron chi connectivity index (χ0n) is 10.5. The van der Waals surface area contributed by atoms with E-state index < -0.39 is 0 Å². The van der Waals surface area contributed by atoms with Crippen molar-refractivity contribution in [1.29, 1.82) is 0 Å². The second-order valence-electron chi connectivity index (χ2n) is 4.63. The van der Waals surface area contributed by atoms with Crippen molar-refractivity contribution in [1.82, 2.24) is 10.2 Å². The first-order chi connectivity index (χ1) is 7.69. The smallest absolute Gasteiger partial charge is 0.221 e. The van der Waals surface area contributed by atoms with E-state index in [1.165, 1.54) is 19.3 Å². The van der Waals surface area contributed by atoms with Gasteiger partial charge in [0.2, 0.25) is 5.91 Å². The van der Waals surface area contributed by atoms with E-state index in [-0.39, 0.29) is 11.9 Å². The van der Waals surface area contributed by atoms with E-state index in [2.05, 4.69) is 17.1 Å². The molecule has 1 amide bonds. The van der Waals surface area contributed by atoms with Crippen molar-refractivity contribution in [2.24, 2.45) is 5.73 Å². The fraction of sp³-hybridized carbons (Fsp3) is 0.917. The number of hydrogen-bond donors (Lipinski definition) is 2. The van der Waals surface area contributed by atoms with Crippen LogP contribution >= 0.6 is 0 Å². The summed E-state index contributed by atoms with van der Waals surface area (Å²) in [6.07, 6.45) is 4.30. The van der Waals surface area contributed by atoms with Gasteiger partial charge in [-0.05, 0) is 33.2 Å². The number of nitrogens with zero attached hydrogens (tertiary/aromatic N) is 1. The van der Waals surface area contributed by atoms with E-state index >= 15 is 0 Å². The van der Waals surface area contributed by atoms with Gasteiger partial charge in [-0.3, -0.25) is 9.69 Å². The maximum atomic E-state index is 11.6. The average Bonchev–Trinajstić information content (AvgIpc) is 2.27. The first kappa shape index (κ1) is 13.5. The standard InChI is InChI=1S/C12H25N3O/c1-3-14-12(16)8-11(9-13)15-7-5-4-6-10(15)2/h10-11H,3-9,13H2,1-2H3,(H,14,16). The highest BCUT2D eigenvalue weighted by Crippen LogP contribution is 2.20. The van der Waals surface area contributed by atoms with Crippen LogP contribution in [0.1, 0.15) is 39.5 Å². The minimum atomic E-state index is 0.121. The summed E-state index contributed by atoms with van der Waals surface area (Å²) >= 11 is 0. The summed E-state index contributed by atoms with van der Waals surface area (Å²) in [4.78, 5) is 14.0. The van der Waals surface area contributed by atoms with Crippen LogP contribution in [-0.4, -0.2) is 42.5 Å². The van der Waals surface area contributed by atoms with Gasteiger partial charge in [0.25, 0.3) is 0 Å². The number of likely N-dealkylation sites (tertiary alicyclic amines) is 1. The lowest BCUT2D eigenvalue weighted by Crippen LogP contribution is -2.50. The minimum absolute atomic E-state index is 0.121. The molecule has 0 aliphatic carbocycles. The molecule has 2 unspecified atom stereocenters. The molecule has 4 heteroatoms. The van der Waals surface area contributed by atoms with Crippen LogP contribution in [0.25, 0.3) is 0 Å². The summed E-state index contributed by atoms with van der Waals surface area (Å²) in [6, 6.07) is 0.776. The van der Waals surface area contributed by atoms with Gasteiger partial charge in [-0.25, -0.2) is 0 Å². The molecular formula is C12H25N3O. The van der Waals surface area contributed by atoms with Crippen LogP contribution in [0.4, 0.5) is 0 Å². The lowest BCUT2D eigenvalue weighted by molar-refractivity contribution is -0.122. The van der Waals surface area contributed by atoms with Crippen molar-refractivity contribution in [2.45, 2.75) is 51.6 Å². The minimum Gasteiger partial charge on any atom is -0.356 e. The average molecular weight is 227 g/mol. The summed E-state index contributed by atoms with van der Waals surface area (Å²) in [5.41, 5.74) is 5.79. The summed E-state index contributed by atoms with van der Waals surface area (Å²) in [6.45, 7) is 6.54. The monoisotopic (exact) mass is 227 g/mol. The van der Waals surface area contributed by atoms with E-state index in [0.717, 1.165) is 6.54 Å². The quantitative estimate of drug-likeness (QED) is 0.727. The topological polar surface area (TPSA) is 58.4 Å². The summed E-state index contributed by atoms with van der Waals surface area (Å²) in [7, 11) is 0. The van der Waals surface area contributed by atoms with Gasteiger partial charge >= 0.3 is 0 Å². The second-order valence-corrected chi connectivity index (χ2v) is 4.63. The van der Waals surface area contributed by atoms with E-state index in [9.17, 15) is 4.79 Å². The highest BCUT2D eigenvalue weighted by atomic mass is 16.1. The van der Waals surface area contributed by atoms with Crippen molar-refractivity contribution >= 4 is 5.91 Å². The Labute approximate surface area is 98.6 Å². The molecule has 1 aliphatic heterocycles. The highest BCUT2D eigenvalue weighted by molar-refractivity contribution is 5.76. The SMILES string of the molecule is CCNC(=O)CC(CN)N1CCCCC1C. The molecule has 1 saturated heterocycles. The predicted octanol–water partition coefficient (Wildman–Crippen LogP) is 0.714. The lowest BCUT2D eigenvalue weighted by Gasteiger charge is -2.39. The fourth-order valence-electron chi connectivity index (χ4n) is 2.48. The molecule has 2 atom stereocenters. The molecule has 0 radical (unpaired) electrons. The number of rotatable bonds is 5. The maximum Gasteiger partial charge on any atom is 0.221 e. The molecule has 1 heterocycles. The van der Waals surface area contributed by atoms with Crippen molar-refractivity contribution in [3.8, 4) is 0 Å². The van der Waals surface area contributed by atoms with Crippen molar-refractivity contribution in [3.05, 3.63) is 0 Å². The van der Waals surface area contributed by atoms with Gasteiger partial charge in [0.05, 0.1) is 0 Å². The number of nitrogens with one attached hydrogen (secondary N) is 1. The Kier molecular flexibility index (Phi) is 5.77. The van der Waals surface area contributed by atoms with Crippen molar-refractivity contribution in [3.63, 3.8) is 0 Å². The Morgan fingerprint density at radius 3 is 2.88 bits per heavy atom. The lowest BCUT2D eigenvalue weighted by atomic mass is 9.99. The molecule has 16 heavy (non-hydrogen) atoms. The van der Waals surface area contributed by atoms with Gasteiger partial charge < -0.3 is 11.1 Å². The maximum absolute atomic E-state index is 11.6. The molecule has 0 bridgehead atoms. The van der Waals surface area contributed by atoms with E-state index in [0.29, 0.717) is 25.6 Å². The van der Waals surface area contributed by atoms with Crippen LogP contribution in [0.15, 0.2) is 0 Å². The van der Waals surface area contributed by atoms with Crippen molar-refractivity contribution in [2.75, 3.05) is 19.6 Å². The number of carbonyl (C=O) groups is 1. The van der Waals surface area contributed by atoms with Gasteiger partial charge in [0.1, 0.15) is 0 Å². The zero-order valence-corrected chi connectivity index (χ0v) is 10.5. The van der Waals surface area contributed by atoms with Gasteiger partial charge in [0.15, 0.2) is 0 Å². The predicted molar refractivity (Wildman–Crippen MR) is 66.2 cm³/mol. The molecule has 0 aromatic rings. The number of piperidine rings is 1. The fourth-order valence-corrected chi connectivity index (χ4v) is 2.48. The normalized spacial score (nSPS) is 24.1. The summed E-state index contributed by atoms with van der Waals surface area (Å²) in [5, 5.41) is 2.84. The van der Waals surface area contributed by atoms with E-state index in [1.807, 2.05) is 6.92 Å². The Morgan fingerprint density at radius 2 is 2.31 bits per heavy atom. The molecule has 1 rings (SSSR count). The number of carbonyl (C=O) groups excluding carboxylic acids is 1. The Bertz CT molecular complexity index is 220. The van der Waals surface area contributed by atoms with Gasteiger partial charge in [-0.15, -0.1) is 0 Å². The first-order valence-electron chi connectivity index (χ1n) is 6.41. The molecule has 94 valence electrons. The van der Waals surface area contributed by atoms with Crippen LogP contribution < -0.4 is 11.1 Å². The van der Waals surface area contributed by atoms with Crippen LogP contribution in [-0.2, 0) is 4.79 Å². The molecule has 3 N–H and O–H groups in total. The van der Waals surface area contributed by atoms with E-state index in [1.54, 1.807) is 0 Å². The summed E-state index contributed by atoms with van der Waals surface area (Å²) < 4.78 is 0. The molecule has 4 nitrogen and oxygen atoms in total. The highest BCUT2D eigenvalue weighted by Gasteiger charge is 2.26. The van der Waals surface area contributed by atoms with Gasteiger partial charge in [-0.1, -0.05) is 6.42 Å². The molecule has 1 fully saturated rings. The molecule has 0 saturated carbocycles. The van der Waals surface area contributed by atoms with E-state index in [4.69, 9.17) is 5.73 Å². The Balaban J connectivity index is 2.48. The second kappa shape index (κ2) is 6.86. The third-order valence-electron chi connectivity index (χ3n) is 3.39. The van der Waals surface area contributed by atoms with Gasteiger partial charge in [0, 0.05) is 31.6 Å². The molecule has 0 aromatic heterocycles. The van der Waals surface area contributed by atoms with Crippen LogP contribution in [0, 0.1) is 0 Å². The Hall–Kier alpha value is -0.610. The molecule has 1 aliphatic rings.